The molecule has 1 saturated heterocycles. The molecule has 1 aromatic heterocycles. The Kier molecular flexibility index (Phi) is 6.53. The van der Waals surface area contributed by atoms with Crippen molar-refractivity contribution in [3.05, 3.63) is 44.6 Å². The number of methoxy groups -OCH3 is 1. The monoisotopic (exact) mass is 390 g/mol. The van der Waals surface area contributed by atoms with Crippen LogP contribution in [0.4, 0.5) is 0 Å². The number of hydrogen-bond acceptors (Lipinski definition) is 8. The third-order valence-electron chi connectivity index (χ3n) is 3.65. The van der Waals surface area contributed by atoms with E-state index < -0.39 is 45.9 Å². The Bertz CT molecular complexity index is 857. The zero-order valence-electron chi connectivity index (χ0n) is 14.6. The van der Waals surface area contributed by atoms with E-state index in [9.17, 15) is 23.1 Å². The summed E-state index contributed by atoms with van der Waals surface area (Å²) < 4.78 is 40.2. The van der Waals surface area contributed by atoms with Crippen molar-refractivity contribution in [1.82, 2.24) is 9.55 Å². The summed E-state index contributed by atoms with van der Waals surface area (Å²) in [4.78, 5) is 25.2. The Morgan fingerprint density at radius 2 is 2.12 bits per heavy atom. The van der Waals surface area contributed by atoms with Gasteiger partial charge < -0.3 is 14.6 Å². The number of hydrogen-bond donors (Lipinski definition) is 2. The van der Waals surface area contributed by atoms with Crippen molar-refractivity contribution in [3.8, 4) is 0 Å². The summed E-state index contributed by atoms with van der Waals surface area (Å²) in [6.45, 7) is 3.63. The lowest BCUT2D eigenvalue weighted by Gasteiger charge is -2.19. The second-order valence-corrected chi connectivity index (χ2v) is 7.69. The van der Waals surface area contributed by atoms with E-state index in [1.165, 1.54) is 13.3 Å². The molecule has 1 aromatic rings. The lowest BCUT2D eigenvalue weighted by Crippen LogP contribution is -2.38. The van der Waals surface area contributed by atoms with Crippen LogP contribution in [0.2, 0.25) is 0 Å². The quantitative estimate of drug-likeness (QED) is 0.585. The van der Waals surface area contributed by atoms with E-state index in [1.807, 2.05) is 0 Å². The van der Waals surface area contributed by atoms with Gasteiger partial charge in [0.25, 0.3) is 15.7 Å². The van der Waals surface area contributed by atoms with E-state index in [0.29, 0.717) is 0 Å². The van der Waals surface area contributed by atoms with E-state index >= 15 is 0 Å². The van der Waals surface area contributed by atoms with Gasteiger partial charge in [-0.15, -0.1) is 0 Å². The topological polar surface area (TPSA) is 137 Å². The molecule has 0 saturated carbocycles. The van der Waals surface area contributed by atoms with Crippen LogP contribution in [0, 0.1) is 5.92 Å². The molecular weight excluding hydrogens is 368 g/mol. The Balaban J connectivity index is 2.21. The van der Waals surface area contributed by atoms with Crippen molar-refractivity contribution < 1.29 is 27.2 Å². The number of aliphatic hydroxyl groups is 1. The first-order chi connectivity index (χ1) is 12.1. The molecule has 2 unspecified atom stereocenters. The molecule has 4 atom stereocenters. The molecule has 0 amide bonds. The number of aliphatic hydroxyl groups excluding tert-OH is 1. The maximum Gasteiger partial charge on any atom is 0.330 e. The van der Waals surface area contributed by atoms with Crippen LogP contribution < -0.4 is 11.2 Å². The highest BCUT2D eigenvalue weighted by Crippen LogP contribution is 2.31. The van der Waals surface area contributed by atoms with Gasteiger partial charge >= 0.3 is 5.69 Å². The third kappa shape index (κ3) is 4.89. The fourth-order valence-corrected chi connectivity index (χ4v) is 3.27. The fraction of sp³-hybridized carbons (Fsp3) is 0.600. The van der Waals surface area contributed by atoms with Gasteiger partial charge in [0.2, 0.25) is 0 Å². The van der Waals surface area contributed by atoms with Gasteiger partial charge in [-0.3, -0.25) is 18.5 Å². The summed E-state index contributed by atoms with van der Waals surface area (Å²) in [5, 5.41) is 11.1. The minimum atomic E-state index is -3.94. The highest BCUT2D eigenvalue weighted by molar-refractivity contribution is 7.89. The SMILES string of the molecule is COC1C(O)[C@@H](/C=C/S(=O)(=O)OCC(C)C)O[C@H]1n1ccc(=O)[nH]c1=O. The van der Waals surface area contributed by atoms with E-state index in [0.717, 1.165) is 22.1 Å². The predicted molar refractivity (Wildman–Crippen MR) is 90.9 cm³/mol. The average molecular weight is 390 g/mol. The second-order valence-electron chi connectivity index (χ2n) is 6.20. The minimum absolute atomic E-state index is 0.0246. The molecule has 1 aliphatic rings. The van der Waals surface area contributed by atoms with Crippen LogP contribution in [0.15, 0.2) is 33.3 Å². The van der Waals surface area contributed by atoms with Gasteiger partial charge in [0.1, 0.15) is 18.3 Å². The summed E-state index contributed by atoms with van der Waals surface area (Å²) in [5.74, 6) is 0.0286. The summed E-state index contributed by atoms with van der Waals surface area (Å²) in [7, 11) is -2.62. The van der Waals surface area contributed by atoms with Gasteiger partial charge in [-0.1, -0.05) is 13.8 Å². The van der Waals surface area contributed by atoms with Crippen LogP contribution in [0.1, 0.15) is 20.1 Å². The summed E-state index contributed by atoms with van der Waals surface area (Å²) in [6.07, 6.45) is -1.95. The summed E-state index contributed by atoms with van der Waals surface area (Å²) in [6, 6.07) is 1.12. The van der Waals surface area contributed by atoms with Crippen molar-refractivity contribution in [2.24, 2.45) is 5.92 Å². The standard InChI is InChI=1S/C15H22N2O8S/c1-9(2)8-24-26(21,22)7-5-10-12(19)13(23-3)14(25-10)17-6-4-11(18)16-15(17)20/h4-7,9-10,12-14,19H,8H2,1-3H3,(H,16,18,20)/b7-5+/t10-,12?,13?,14-/m1/s1. The Hall–Kier alpha value is -1.79. The smallest absolute Gasteiger partial charge is 0.330 e. The van der Waals surface area contributed by atoms with Crippen LogP contribution in [0.25, 0.3) is 0 Å². The first-order valence-electron chi connectivity index (χ1n) is 7.90. The van der Waals surface area contributed by atoms with Crippen LogP contribution in [0.5, 0.6) is 0 Å². The van der Waals surface area contributed by atoms with E-state index in [4.69, 9.17) is 13.7 Å². The minimum Gasteiger partial charge on any atom is -0.387 e. The van der Waals surface area contributed by atoms with Gasteiger partial charge in [-0.25, -0.2) is 4.79 Å². The van der Waals surface area contributed by atoms with Crippen molar-refractivity contribution in [2.75, 3.05) is 13.7 Å². The fourth-order valence-electron chi connectivity index (χ4n) is 2.39. The Morgan fingerprint density at radius 1 is 1.42 bits per heavy atom. The highest BCUT2D eigenvalue weighted by atomic mass is 32.2. The van der Waals surface area contributed by atoms with Crippen molar-refractivity contribution >= 4 is 10.1 Å². The first-order valence-corrected chi connectivity index (χ1v) is 9.37. The molecule has 0 radical (unpaired) electrons. The molecule has 0 bridgehead atoms. The van der Waals surface area contributed by atoms with Crippen LogP contribution in [-0.2, 0) is 23.8 Å². The van der Waals surface area contributed by atoms with Gasteiger partial charge in [-0.05, 0) is 12.0 Å². The van der Waals surface area contributed by atoms with Crippen molar-refractivity contribution in [3.63, 3.8) is 0 Å². The molecule has 26 heavy (non-hydrogen) atoms. The maximum absolute atomic E-state index is 11.9. The van der Waals surface area contributed by atoms with E-state index in [-0.39, 0.29) is 12.5 Å². The normalized spacial score (nSPS) is 26.8. The second kappa shape index (κ2) is 8.27. The van der Waals surface area contributed by atoms with Gasteiger partial charge in [0.05, 0.1) is 12.0 Å². The molecule has 2 heterocycles. The molecule has 10 nitrogen and oxygen atoms in total. The Morgan fingerprint density at radius 3 is 2.69 bits per heavy atom. The largest absolute Gasteiger partial charge is 0.387 e. The van der Waals surface area contributed by atoms with Crippen LogP contribution >= 0.6 is 0 Å². The zero-order valence-corrected chi connectivity index (χ0v) is 15.4. The lowest BCUT2D eigenvalue weighted by molar-refractivity contribution is -0.0491. The number of nitrogens with one attached hydrogen (secondary N) is 1. The Labute approximate surface area is 150 Å². The number of H-pyrrole nitrogens is 1. The molecule has 11 heteroatoms. The molecule has 2 rings (SSSR count). The summed E-state index contributed by atoms with van der Waals surface area (Å²) in [5.41, 5.74) is -1.32. The molecule has 2 N–H and O–H groups in total. The first kappa shape index (κ1) is 20.5. The number of nitrogens with zero attached hydrogens (tertiary/aromatic N) is 1. The number of rotatable bonds is 7. The zero-order chi connectivity index (χ0) is 19.5. The molecule has 0 spiro atoms. The molecule has 1 aliphatic heterocycles. The highest BCUT2D eigenvalue weighted by Gasteiger charge is 2.44. The average Bonchev–Trinajstić information content (AvgIpc) is 2.87. The molecule has 1 fully saturated rings. The predicted octanol–water partition coefficient (Wildman–Crippen LogP) is -0.674. The van der Waals surface area contributed by atoms with Crippen LogP contribution in [-0.4, -0.2) is 55.1 Å². The maximum atomic E-state index is 11.9. The van der Waals surface area contributed by atoms with Crippen molar-refractivity contribution in [2.45, 2.75) is 38.4 Å². The molecule has 146 valence electrons. The van der Waals surface area contributed by atoms with Gasteiger partial charge in [-0.2, -0.15) is 8.42 Å². The lowest BCUT2D eigenvalue weighted by atomic mass is 10.1. The summed E-state index contributed by atoms with van der Waals surface area (Å²) >= 11 is 0. The third-order valence-corrected chi connectivity index (χ3v) is 4.60. The van der Waals surface area contributed by atoms with E-state index in [2.05, 4.69) is 4.98 Å². The molecule has 0 aliphatic carbocycles. The number of aromatic amines is 1. The number of aromatic nitrogens is 2. The molecule has 0 aromatic carbocycles. The molecular formula is C15H22N2O8S. The van der Waals surface area contributed by atoms with Gasteiger partial charge in [0, 0.05) is 19.4 Å². The van der Waals surface area contributed by atoms with Crippen LogP contribution in [0.3, 0.4) is 0 Å². The van der Waals surface area contributed by atoms with Crippen molar-refractivity contribution in [1.29, 1.82) is 0 Å². The van der Waals surface area contributed by atoms with Gasteiger partial charge in [0.15, 0.2) is 6.23 Å². The number of ether oxygens (including phenoxy) is 2. The van der Waals surface area contributed by atoms with E-state index in [1.54, 1.807) is 13.8 Å².